The van der Waals surface area contributed by atoms with Crippen molar-refractivity contribution in [3.63, 3.8) is 0 Å². The fourth-order valence-electron chi connectivity index (χ4n) is 12.9. The highest BCUT2D eigenvalue weighted by molar-refractivity contribution is 7.22. The van der Waals surface area contributed by atoms with Gasteiger partial charge in [-0.1, -0.05) is 218 Å². The van der Waals surface area contributed by atoms with Gasteiger partial charge in [0.15, 0.2) is 11.6 Å². The van der Waals surface area contributed by atoms with Crippen LogP contribution in [-0.4, -0.2) is 29.9 Å². The number of rotatable bonds is 11. The Bertz CT molecular complexity index is 5830. The van der Waals surface area contributed by atoms with E-state index in [1.807, 2.05) is 72.8 Å². The lowest BCUT2D eigenvalue weighted by molar-refractivity contribution is 0.669. The highest BCUT2D eigenvalue weighted by atomic mass is 32.1. The van der Waals surface area contributed by atoms with Gasteiger partial charge in [-0.3, -0.25) is 0 Å². The molecule has 0 aliphatic heterocycles. The van der Waals surface area contributed by atoms with Gasteiger partial charge in [-0.15, -0.1) is 22.7 Å². The van der Waals surface area contributed by atoms with E-state index in [0.29, 0.717) is 11.6 Å². The predicted molar refractivity (Wildman–Crippen MR) is 378 cm³/mol. The minimum Gasteiger partial charge on any atom is -0.456 e. The van der Waals surface area contributed by atoms with Crippen molar-refractivity contribution >= 4 is 87.0 Å². The van der Waals surface area contributed by atoms with Crippen LogP contribution in [-0.2, 0) is 0 Å². The fourth-order valence-corrected chi connectivity index (χ4v) is 14.8. The Morgan fingerprint density at radius 3 is 1.15 bits per heavy atom. The quantitative estimate of drug-likeness (QED) is 0.126. The molecule has 0 atom stereocenters. The predicted octanol–water partition coefficient (Wildman–Crippen LogP) is 22.6. The summed E-state index contributed by atoms with van der Waals surface area (Å²) in [6, 6.07) is 101. The van der Waals surface area contributed by atoms with Gasteiger partial charge < -0.3 is 8.83 Å². The highest BCUT2D eigenvalue weighted by Gasteiger charge is 2.25. The molecule has 0 amide bonds. The van der Waals surface area contributed by atoms with Crippen LogP contribution < -0.4 is 0 Å². The molecule has 10 heteroatoms. The molecule has 0 N–H and O–H groups in total. The number of thiazole rings is 2. The Morgan fingerprint density at radius 2 is 0.598 bits per heavy atom. The number of hydrogen-bond donors (Lipinski definition) is 0. The molecule has 18 aromatic rings. The normalized spacial score (nSPS) is 11.7. The first-order chi connectivity index (χ1) is 45.5. The Labute approximate surface area is 535 Å². The third kappa shape index (κ3) is 9.35. The maximum Gasteiger partial charge on any atom is 0.161 e. The van der Waals surface area contributed by atoms with Gasteiger partial charge in [0, 0.05) is 71.6 Å². The topological polar surface area (TPSA) is 104 Å². The maximum atomic E-state index is 7.20. The highest BCUT2D eigenvalue weighted by Crippen LogP contribution is 2.48. The zero-order valence-electron chi connectivity index (χ0n) is 49.0. The summed E-state index contributed by atoms with van der Waals surface area (Å²) in [5.41, 5.74) is 22.2. The Hall–Kier alpha value is -11.8. The second-order valence-electron chi connectivity index (χ2n) is 22.8. The Morgan fingerprint density at radius 1 is 0.228 bits per heavy atom. The first-order valence-corrected chi connectivity index (χ1v) is 32.1. The summed E-state index contributed by atoms with van der Waals surface area (Å²) < 4.78 is 16.1. The second kappa shape index (κ2) is 22.0. The van der Waals surface area contributed by atoms with E-state index < -0.39 is 0 Å². The van der Waals surface area contributed by atoms with Crippen molar-refractivity contribution < 1.29 is 8.83 Å². The lowest BCUT2D eigenvalue weighted by atomic mass is 9.94. The zero-order chi connectivity index (χ0) is 60.6. The van der Waals surface area contributed by atoms with Crippen molar-refractivity contribution in [3.8, 4) is 122 Å². The molecule has 0 spiro atoms. The first kappa shape index (κ1) is 53.2. The van der Waals surface area contributed by atoms with Crippen molar-refractivity contribution in [1.29, 1.82) is 0 Å². The summed E-state index contributed by atoms with van der Waals surface area (Å²) in [5.74, 6) is 1.20. The summed E-state index contributed by atoms with van der Waals surface area (Å²) in [7, 11) is 0. The summed E-state index contributed by atoms with van der Waals surface area (Å²) in [6.45, 7) is 0. The number of para-hydroxylation sites is 2. The van der Waals surface area contributed by atoms with Gasteiger partial charge in [-0.05, 0) is 101 Å². The van der Waals surface area contributed by atoms with Crippen molar-refractivity contribution in [2.75, 3.05) is 0 Å². The lowest BCUT2D eigenvalue weighted by Gasteiger charge is -2.12. The molecule has 92 heavy (non-hydrogen) atoms. The van der Waals surface area contributed by atoms with Crippen LogP contribution in [0.3, 0.4) is 0 Å². The average Bonchev–Trinajstić information content (AvgIpc) is 1.58. The first-order valence-electron chi connectivity index (χ1n) is 30.5. The number of furan rings is 2. The number of hydrogen-bond acceptors (Lipinski definition) is 10. The van der Waals surface area contributed by atoms with E-state index in [1.54, 1.807) is 22.7 Å². The molecular weight excluding hydrogens is 1170 g/mol. The summed E-state index contributed by atoms with van der Waals surface area (Å²) in [4.78, 5) is 31.9. The van der Waals surface area contributed by atoms with E-state index in [2.05, 4.69) is 218 Å². The molecule has 430 valence electrons. The van der Waals surface area contributed by atoms with E-state index in [4.69, 9.17) is 38.7 Å². The molecule has 0 bridgehead atoms. The molecule has 18 rings (SSSR count). The molecule has 0 saturated heterocycles. The van der Waals surface area contributed by atoms with E-state index in [-0.39, 0.29) is 0 Å². The van der Waals surface area contributed by atoms with E-state index in [1.165, 1.54) is 0 Å². The van der Waals surface area contributed by atoms with Crippen LogP contribution in [0.1, 0.15) is 0 Å². The van der Waals surface area contributed by atoms with Crippen LogP contribution >= 0.6 is 22.7 Å². The fraction of sp³-hybridized carbons (Fsp3) is 0. The minimum absolute atomic E-state index is 0.597. The van der Waals surface area contributed by atoms with Gasteiger partial charge in [-0.25, -0.2) is 29.9 Å². The zero-order valence-corrected chi connectivity index (χ0v) is 50.7. The molecule has 6 heterocycles. The molecule has 0 aliphatic rings. The van der Waals surface area contributed by atoms with Crippen molar-refractivity contribution in [3.05, 3.63) is 291 Å². The summed E-state index contributed by atoms with van der Waals surface area (Å²) in [6.07, 6.45) is 0. The Kier molecular flexibility index (Phi) is 12.8. The van der Waals surface area contributed by atoms with E-state index in [9.17, 15) is 0 Å². The van der Waals surface area contributed by atoms with Crippen LogP contribution in [0.15, 0.2) is 300 Å². The molecular formula is C82H48N6O2S2. The van der Waals surface area contributed by atoms with Crippen LogP contribution in [0.2, 0.25) is 0 Å². The van der Waals surface area contributed by atoms with Crippen LogP contribution in [0.25, 0.3) is 187 Å². The van der Waals surface area contributed by atoms with Gasteiger partial charge >= 0.3 is 0 Å². The molecule has 0 aliphatic carbocycles. The SMILES string of the molecule is c1ccc(-c2cccc(-c3cc(-c4ccccc4)nc(-c4cccc5oc6c(-c7cccc(-c8ccc(-c9cc(-c%10ccccc%10)nc(-c%10cccc%11oc%12cccc(-c%13nc%14ccccc%14s%13)c%12c%10%11)n9)cc8)c7)ccc(-c7nc8ccccc8s7)c6c45)n3)c2)cc1. The van der Waals surface area contributed by atoms with Crippen LogP contribution in [0, 0.1) is 0 Å². The monoisotopic (exact) mass is 1210 g/mol. The lowest BCUT2D eigenvalue weighted by Crippen LogP contribution is -1.96. The largest absolute Gasteiger partial charge is 0.456 e. The van der Waals surface area contributed by atoms with Crippen molar-refractivity contribution in [2.45, 2.75) is 0 Å². The molecule has 6 aromatic heterocycles. The van der Waals surface area contributed by atoms with Gasteiger partial charge in [0.1, 0.15) is 32.3 Å². The summed E-state index contributed by atoms with van der Waals surface area (Å²) in [5, 5.41) is 5.65. The number of nitrogens with zero attached hydrogens (tertiary/aromatic N) is 6. The minimum atomic E-state index is 0.597. The Balaban J connectivity index is 0.755. The van der Waals surface area contributed by atoms with Crippen LogP contribution in [0.4, 0.5) is 0 Å². The third-order valence-corrected chi connectivity index (χ3v) is 19.4. The summed E-state index contributed by atoms with van der Waals surface area (Å²) >= 11 is 3.36. The van der Waals surface area contributed by atoms with Gasteiger partial charge in [0.25, 0.3) is 0 Å². The molecule has 8 nitrogen and oxygen atoms in total. The number of benzene rings is 12. The molecule has 0 saturated carbocycles. The maximum absolute atomic E-state index is 7.20. The number of fused-ring (bicyclic) bond motifs is 8. The molecule has 0 fully saturated rings. The smallest absolute Gasteiger partial charge is 0.161 e. The van der Waals surface area contributed by atoms with Crippen LogP contribution in [0.5, 0.6) is 0 Å². The van der Waals surface area contributed by atoms with Gasteiger partial charge in [0.2, 0.25) is 0 Å². The average molecular weight is 1210 g/mol. The van der Waals surface area contributed by atoms with E-state index in [0.717, 1.165) is 175 Å². The van der Waals surface area contributed by atoms with Gasteiger partial charge in [0.05, 0.1) is 43.2 Å². The van der Waals surface area contributed by atoms with Crippen molar-refractivity contribution in [2.24, 2.45) is 0 Å². The van der Waals surface area contributed by atoms with E-state index >= 15 is 0 Å². The second-order valence-corrected chi connectivity index (χ2v) is 24.9. The van der Waals surface area contributed by atoms with Gasteiger partial charge in [-0.2, -0.15) is 0 Å². The molecule has 12 aromatic carbocycles. The van der Waals surface area contributed by atoms with Crippen molar-refractivity contribution in [1.82, 2.24) is 29.9 Å². The standard InChI is InChI=1S/C82H48N6O2S2/c1-4-19-49(20-5-1)55-26-15-28-57(46-55)68-48-66(52-23-8-3-9-24-52)84-80(86-68)60-30-17-36-71-75(60)77-62(82-88-64-33-11-13-38-73(64)92-82)44-43-58(78(77)90-71)56-27-14-25-54(45-56)50-39-41-53(42-40-50)67-47-65(51-21-6-2-7-22-51)83-79(85-67)59-29-16-34-69-74(59)76-61(31-18-35-70(76)89-69)81-87-63-32-10-12-37-72(63)91-81/h1-48H. The molecule has 0 unspecified atom stereocenters. The third-order valence-electron chi connectivity index (χ3n) is 17.2. The number of aromatic nitrogens is 6. The molecule has 0 radical (unpaired) electrons.